The molecule has 1 aromatic carbocycles. The Morgan fingerprint density at radius 3 is 2.20 bits per heavy atom. The zero-order valence-electron chi connectivity index (χ0n) is 24.6. The molecule has 6 atom stereocenters. The van der Waals surface area contributed by atoms with Gasteiger partial charge in [0.2, 0.25) is 5.91 Å². The number of carbonyl (C=O) groups excluding carboxylic acids is 5. The fraction of sp³-hybridized carbons (Fsp3) is 0.621. The van der Waals surface area contributed by atoms with E-state index in [1.807, 2.05) is 0 Å². The van der Waals surface area contributed by atoms with Crippen molar-refractivity contribution in [1.82, 2.24) is 10.2 Å². The van der Waals surface area contributed by atoms with Gasteiger partial charge in [0, 0.05) is 38.4 Å². The van der Waals surface area contributed by atoms with Crippen molar-refractivity contribution in [3.63, 3.8) is 0 Å². The van der Waals surface area contributed by atoms with E-state index >= 15 is 0 Å². The summed E-state index contributed by atoms with van der Waals surface area (Å²) in [5, 5.41) is 37.9. The number of aromatic hydroxyl groups is 1. The van der Waals surface area contributed by atoms with E-state index in [1.54, 1.807) is 25.1 Å². The number of amides is 1. The molecule has 0 aliphatic heterocycles. The fourth-order valence-corrected chi connectivity index (χ4v) is 6.78. The highest BCUT2D eigenvalue weighted by molar-refractivity contribution is 6.33. The van der Waals surface area contributed by atoms with Gasteiger partial charge in [-0.2, -0.15) is 0 Å². The predicted molar refractivity (Wildman–Crippen MR) is 148 cm³/mol. The first-order chi connectivity index (χ1) is 18.8. The van der Waals surface area contributed by atoms with E-state index in [0.717, 1.165) is 4.90 Å². The zero-order chi connectivity index (χ0) is 31.0. The lowest BCUT2D eigenvalue weighted by Gasteiger charge is -2.55. The van der Waals surface area contributed by atoms with Crippen LogP contribution >= 0.6 is 0 Å². The number of nitrogens with zero attached hydrogens (tertiary/aromatic N) is 2. The maximum Gasteiger partial charge on any atom is 0.235 e. The van der Waals surface area contributed by atoms with Crippen LogP contribution in [0.1, 0.15) is 48.7 Å². The second-order valence-corrected chi connectivity index (χ2v) is 13.2. The Kier molecular flexibility index (Phi) is 7.48. The van der Waals surface area contributed by atoms with Crippen LogP contribution in [0.25, 0.3) is 0 Å². The number of ketones is 4. The van der Waals surface area contributed by atoms with Gasteiger partial charge < -0.3 is 31.3 Å². The molecule has 4 rings (SSSR count). The number of nitrogens with one attached hydrogen (secondary N) is 1. The highest BCUT2D eigenvalue weighted by atomic mass is 16.3. The number of hydrogen-bond donors (Lipinski definition) is 5. The Morgan fingerprint density at radius 1 is 1.07 bits per heavy atom. The number of phenolic OH excluding ortho intramolecular Hbond substituents is 1. The summed E-state index contributed by atoms with van der Waals surface area (Å²) in [5.74, 6) is -12.6. The molecule has 41 heavy (non-hydrogen) atoms. The molecule has 0 saturated heterocycles. The van der Waals surface area contributed by atoms with Crippen molar-refractivity contribution in [2.75, 3.05) is 39.6 Å². The summed E-state index contributed by atoms with van der Waals surface area (Å²) >= 11 is 0. The number of likely N-dealkylation sites (N-methyl/N-ethyl adjacent to an activating group) is 1. The minimum Gasteiger partial charge on any atom is -0.507 e. The van der Waals surface area contributed by atoms with Crippen LogP contribution in [0.3, 0.4) is 0 Å². The number of anilines is 1. The molecule has 0 radical (unpaired) electrons. The number of benzene rings is 1. The minimum atomic E-state index is -3.02. The maximum absolute atomic E-state index is 14.1. The molecule has 1 aromatic rings. The van der Waals surface area contributed by atoms with Crippen molar-refractivity contribution < 1.29 is 39.3 Å². The van der Waals surface area contributed by atoms with Gasteiger partial charge in [-0.25, -0.2) is 0 Å². The zero-order valence-corrected chi connectivity index (χ0v) is 24.6. The first-order valence-corrected chi connectivity index (χ1v) is 13.6. The van der Waals surface area contributed by atoms with Crippen LogP contribution in [-0.2, 0) is 32.1 Å². The Morgan fingerprint density at radius 2 is 1.68 bits per heavy atom. The van der Waals surface area contributed by atoms with Crippen molar-refractivity contribution in [2.45, 2.75) is 51.5 Å². The van der Waals surface area contributed by atoms with Crippen LogP contribution in [-0.4, -0.2) is 95.3 Å². The number of primary amides is 1. The second-order valence-electron chi connectivity index (χ2n) is 13.2. The van der Waals surface area contributed by atoms with Crippen LogP contribution in [0, 0.1) is 29.1 Å². The van der Waals surface area contributed by atoms with E-state index in [9.17, 15) is 39.3 Å². The van der Waals surface area contributed by atoms with Crippen molar-refractivity contribution in [3.8, 4) is 5.75 Å². The molecule has 3 aliphatic rings. The van der Waals surface area contributed by atoms with Gasteiger partial charge in [0.05, 0.1) is 17.4 Å². The molecule has 3 aliphatic carbocycles. The molecule has 0 heterocycles. The Hall–Kier alpha value is -3.19. The van der Waals surface area contributed by atoms with Gasteiger partial charge in [0.15, 0.2) is 40.4 Å². The standard InChI is InChI=1S/C29H40N4O8/c1-27(2,3)12-31-11-14-9-16(32(4)5)15-8-13-10-17-28(40,23(36)18(13)22(35)19(15)21(14)34)24(37)20(26(30)39)25(38)29(17,41)33(6)7/h9,13,17-18,20,31,34,40-41H,8,10-12H2,1-7H3,(H2,30,39)/t13-,17+,18?,20?,28-,29+/m0/s1. The van der Waals surface area contributed by atoms with E-state index in [1.165, 1.54) is 14.1 Å². The molecule has 12 heteroatoms. The molecule has 1 amide bonds. The van der Waals surface area contributed by atoms with Gasteiger partial charge in [-0.05, 0) is 49.9 Å². The monoisotopic (exact) mass is 572 g/mol. The van der Waals surface area contributed by atoms with Crippen LogP contribution in [0.4, 0.5) is 5.69 Å². The smallest absolute Gasteiger partial charge is 0.235 e. The van der Waals surface area contributed by atoms with E-state index in [0.29, 0.717) is 23.4 Å². The summed E-state index contributed by atoms with van der Waals surface area (Å²) in [6.45, 7) is 7.02. The number of carbonyl (C=O) groups is 5. The molecular formula is C29H40N4O8. The Bertz CT molecular complexity index is 1350. The van der Waals surface area contributed by atoms with Crippen LogP contribution in [0.2, 0.25) is 0 Å². The van der Waals surface area contributed by atoms with Crippen molar-refractivity contribution in [1.29, 1.82) is 0 Å². The molecular weight excluding hydrogens is 532 g/mol. The Labute approximate surface area is 238 Å². The summed E-state index contributed by atoms with van der Waals surface area (Å²) in [7, 11) is 6.21. The fourth-order valence-electron chi connectivity index (χ4n) is 6.78. The second kappa shape index (κ2) is 9.97. The van der Waals surface area contributed by atoms with Crippen LogP contribution in [0.5, 0.6) is 5.75 Å². The van der Waals surface area contributed by atoms with Gasteiger partial charge >= 0.3 is 0 Å². The first kappa shape index (κ1) is 30.8. The van der Waals surface area contributed by atoms with Gasteiger partial charge in [-0.3, -0.25) is 28.9 Å². The SMILES string of the molecule is CN(C)c1cc(CNCC(C)(C)C)c(O)c2c1C[C@H]1C[C@@H]3[C@@](O)(C(=O)C(C(N)=O)C(=O)[C@@]3(O)N(C)C)C(=O)C1C2=O. The average molecular weight is 573 g/mol. The molecule has 2 saturated carbocycles. The summed E-state index contributed by atoms with van der Waals surface area (Å²) < 4.78 is 0. The summed E-state index contributed by atoms with van der Waals surface area (Å²) in [5.41, 5.74) is 1.21. The first-order valence-electron chi connectivity index (χ1n) is 13.6. The number of aliphatic hydroxyl groups is 2. The molecule has 12 nitrogen and oxygen atoms in total. The van der Waals surface area contributed by atoms with Gasteiger partial charge in [0.1, 0.15) is 5.75 Å². The topological polar surface area (TPSA) is 191 Å². The third-order valence-electron chi connectivity index (χ3n) is 8.80. The molecule has 2 unspecified atom stereocenters. The van der Waals surface area contributed by atoms with E-state index < -0.39 is 64.0 Å². The van der Waals surface area contributed by atoms with E-state index in [2.05, 4.69) is 26.1 Å². The normalized spacial score (nSPS) is 31.6. The largest absolute Gasteiger partial charge is 0.507 e. The van der Waals surface area contributed by atoms with Crippen molar-refractivity contribution in [3.05, 3.63) is 22.8 Å². The van der Waals surface area contributed by atoms with Crippen LogP contribution < -0.4 is 16.0 Å². The lowest BCUT2D eigenvalue weighted by molar-refractivity contribution is -0.223. The number of Topliss-reactive ketones (excluding diaryl/α,β-unsaturated/α-hetero) is 4. The molecule has 6 N–H and O–H groups in total. The van der Waals surface area contributed by atoms with Crippen LogP contribution in [0.15, 0.2) is 6.07 Å². The maximum atomic E-state index is 14.1. The van der Waals surface area contributed by atoms with Gasteiger partial charge in [-0.1, -0.05) is 20.8 Å². The van der Waals surface area contributed by atoms with E-state index in [4.69, 9.17) is 5.73 Å². The van der Waals surface area contributed by atoms with Gasteiger partial charge in [-0.15, -0.1) is 0 Å². The van der Waals surface area contributed by atoms with Crippen molar-refractivity contribution in [2.24, 2.45) is 34.8 Å². The van der Waals surface area contributed by atoms with E-state index in [-0.39, 0.29) is 36.1 Å². The molecule has 0 aromatic heterocycles. The number of fused-ring (bicyclic) bond motifs is 3. The third kappa shape index (κ3) is 4.48. The van der Waals surface area contributed by atoms with Crippen molar-refractivity contribution >= 4 is 34.7 Å². The number of phenols is 1. The summed E-state index contributed by atoms with van der Waals surface area (Å²) in [4.78, 5) is 69.9. The quantitative estimate of drug-likeness (QED) is 0.216. The lowest BCUT2D eigenvalue weighted by atomic mass is 9.51. The number of hydrogen-bond acceptors (Lipinski definition) is 11. The minimum absolute atomic E-state index is 0.0388. The molecule has 0 bridgehead atoms. The highest BCUT2D eigenvalue weighted by Crippen LogP contribution is 2.54. The number of nitrogens with two attached hydrogens (primary N) is 1. The summed E-state index contributed by atoms with van der Waals surface area (Å²) in [6.07, 6.45) is -0.149. The summed E-state index contributed by atoms with van der Waals surface area (Å²) in [6, 6.07) is 1.78. The average Bonchev–Trinajstić information content (AvgIpc) is 2.84. The molecule has 2 fully saturated rings. The lowest BCUT2D eigenvalue weighted by Crippen LogP contribution is -2.79. The molecule has 224 valence electrons. The van der Waals surface area contributed by atoms with Gasteiger partial charge in [0.25, 0.3) is 0 Å². The molecule has 0 spiro atoms. The predicted octanol–water partition coefficient (Wildman–Crippen LogP) is -0.611. The number of rotatable bonds is 6. The Balaban J connectivity index is 1.86. The highest BCUT2D eigenvalue weighted by Gasteiger charge is 2.74. The third-order valence-corrected chi connectivity index (χ3v) is 8.80.